The molecular formula is C14H22ClNS. The Kier molecular flexibility index (Phi) is 7.02. The average molecular weight is 272 g/mol. The Hall–Kier alpha value is -0.180. The second kappa shape index (κ2) is 8.02. The molecule has 0 spiro atoms. The Labute approximate surface area is 114 Å². The molecule has 0 aliphatic rings. The summed E-state index contributed by atoms with van der Waals surface area (Å²) in [7, 11) is 0. The third-order valence-corrected chi connectivity index (χ3v) is 4.24. The Morgan fingerprint density at radius 3 is 2.65 bits per heavy atom. The van der Waals surface area contributed by atoms with Gasteiger partial charge in [0, 0.05) is 16.2 Å². The zero-order chi connectivity index (χ0) is 12.7. The van der Waals surface area contributed by atoms with Gasteiger partial charge in [-0.1, -0.05) is 37.6 Å². The first kappa shape index (κ1) is 14.9. The van der Waals surface area contributed by atoms with E-state index in [4.69, 9.17) is 11.6 Å². The summed E-state index contributed by atoms with van der Waals surface area (Å²) in [6.45, 7) is 7.81. The third kappa shape index (κ3) is 5.80. The quantitative estimate of drug-likeness (QED) is 0.728. The van der Waals surface area contributed by atoms with E-state index in [1.165, 1.54) is 11.3 Å². The van der Waals surface area contributed by atoms with Gasteiger partial charge in [0.15, 0.2) is 0 Å². The van der Waals surface area contributed by atoms with Gasteiger partial charge in [0.05, 0.1) is 5.02 Å². The topological polar surface area (TPSA) is 12.0 Å². The summed E-state index contributed by atoms with van der Waals surface area (Å²) < 4.78 is 0. The third-order valence-electron chi connectivity index (χ3n) is 2.59. The predicted molar refractivity (Wildman–Crippen MR) is 79.1 cm³/mol. The summed E-state index contributed by atoms with van der Waals surface area (Å²) in [5.74, 6) is 0. The van der Waals surface area contributed by atoms with E-state index in [9.17, 15) is 0 Å². The number of benzene rings is 1. The van der Waals surface area contributed by atoms with Gasteiger partial charge < -0.3 is 5.32 Å². The van der Waals surface area contributed by atoms with E-state index in [0.717, 1.165) is 18.0 Å². The summed E-state index contributed by atoms with van der Waals surface area (Å²) in [6.07, 6.45) is 2.35. The molecule has 96 valence electrons. The Morgan fingerprint density at radius 1 is 1.29 bits per heavy atom. The van der Waals surface area contributed by atoms with Crippen molar-refractivity contribution in [3.05, 3.63) is 29.3 Å². The first-order chi connectivity index (χ1) is 8.13. The van der Waals surface area contributed by atoms with Gasteiger partial charge in [-0.05, 0) is 38.4 Å². The molecule has 1 N–H and O–H groups in total. The molecule has 17 heavy (non-hydrogen) atoms. The van der Waals surface area contributed by atoms with Crippen molar-refractivity contribution in [2.24, 2.45) is 0 Å². The van der Waals surface area contributed by atoms with Gasteiger partial charge in [-0.25, -0.2) is 0 Å². The lowest BCUT2D eigenvalue weighted by molar-refractivity contribution is 0.513. The van der Waals surface area contributed by atoms with Crippen molar-refractivity contribution in [1.82, 2.24) is 5.32 Å². The molecule has 1 aromatic rings. The van der Waals surface area contributed by atoms with Crippen molar-refractivity contribution in [3.63, 3.8) is 0 Å². The Balaban J connectivity index is 2.39. The maximum Gasteiger partial charge on any atom is 0.0541 e. The molecule has 0 saturated heterocycles. The van der Waals surface area contributed by atoms with Crippen molar-refractivity contribution in [1.29, 1.82) is 0 Å². The fourth-order valence-electron chi connectivity index (χ4n) is 1.78. The first-order valence-electron chi connectivity index (χ1n) is 6.28. The second-order valence-electron chi connectivity index (χ2n) is 4.45. The standard InChI is InChI=1S/C14H22ClNS/c1-4-9-16-11(2)10-12(3)17-14-8-6-5-7-13(14)15/h5-8,11-12,16H,4,9-10H2,1-3H3. The van der Waals surface area contributed by atoms with Crippen LogP contribution in [0.5, 0.6) is 0 Å². The van der Waals surface area contributed by atoms with Crippen LogP contribution in [0.2, 0.25) is 5.02 Å². The van der Waals surface area contributed by atoms with Crippen LogP contribution in [0.15, 0.2) is 29.2 Å². The highest BCUT2D eigenvalue weighted by molar-refractivity contribution is 8.00. The lowest BCUT2D eigenvalue weighted by Gasteiger charge is -2.18. The minimum atomic E-state index is 0.569. The molecule has 0 aliphatic heterocycles. The van der Waals surface area contributed by atoms with Crippen LogP contribution in [0.25, 0.3) is 0 Å². The van der Waals surface area contributed by atoms with Gasteiger partial charge >= 0.3 is 0 Å². The van der Waals surface area contributed by atoms with E-state index in [1.807, 2.05) is 30.0 Å². The highest BCUT2D eigenvalue weighted by Crippen LogP contribution is 2.31. The van der Waals surface area contributed by atoms with Gasteiger partial charge in [-0.2, -0.15) is 0 Å². The summed E-state index contributed by atoms with van der Waals surface area (Å²) in [5, 5.41) is 4.96. The van der Waals surface area contributed by atoms with Crippen LogP contribution in [-0.2, 0) is 0 Å². The second-order valence-corrected chi connectivity index (χ2v) is 6.34. The molecule has 0 saturated carbocycles. The molecule has 0 amide bonds. The smallest absolute Gasteiger partial charge is 0.0541 e. The molecule has 3 heteroatoms. The average Bonchev–Trinajstić information content (AvgIpc) is 2.29. The van der Waals surface area contributed by atoms with Crippen LogP contribution in [0.3, 0.4) is 0 Å². The fraction of sp³-hybridized carbons (Fsp3) is 0.571. The Morgan fingerprint density at radius 2 is 2.00 bits per heavy atom. The van der Waals surface area contributed by atoms with Crippen LogP contribution in [-0.4, -0.2) is 17.8 Å². The van der Waals surface area contributed by atoms with Gasteiger partial charge in [-0.15, -0.1) is 11.8 Å². The summed E-state index contributed by atoms with van der Waals surface area (Å²) in [5.41, 5.74) is 0. The molecular weight excluding hydrogens is 250 g/mol. The van der Waals surface area contributed by atoms with Gasteiger partial charge in [-0.3, -0.25) is 0 Å². The van der Waals surface area contributed by atoms with E-state index >= 15 is 0 Å². The lowest BCUT2D eigenvalue weighted by atomic mass is 10.2. The summed E-state index contributed by atoms with van der Waals surface area (Å²) in [6, 6.07) is 8.63. The summed E-state index contributed by atoms with van der Waals surface area (Å²) >= 11 is 8.01. The maximum absolute atomic E-state index is 6.15. The van der Waals surface area contributed by atoms with Crippen molar-refractivity contribution < 1.29 is 0 Å². The predicted octanol–water partition coefficient (Wildman–Crippen LogP) is 4.60. The molecule has 0 bridgehead atoms. The number of nitrogens with one attached hydrogen (secondary N) is 1. The molecule has 1 aromatic carbocycles. The Bertz CT molecular complexity index is 330. The lowest BCUT2D eigenvalue weighted by Crippen LogP contribution is -2.29. The van der Waals surface area contributed by atoms with Crippen LogP contribution < -0.4 is 5.32 Å². The highest BCUT2D eigenvalue weighted by Gasteiger charge is 2.10. The molecule has 0 aromatic heterocycles. The van der Waals surface area contributed by atoms with Crippen molar-refractivity contribution in [2.75, 3.05) is 6.54 Å². The molecule has 0 radical (unpaired) electrons. The number of hydrogen-bond donors (Lipinski definition) is 1. The van der Waals surface area contributed by atoms with Crippen LogP contribution in [0, 0.1) is 0 Å². The number of halogens is 1. The fourth-order valence-corrected chi connectivity index (χ4v) is 3.20. The van der Waals surface area contributed by atoms with E-state index in [0.29, 0.717) is 11.3 Å². The summed E-state index contributed by atoms with van der Waals surface area (Å²) in [4.78, 5) is 1.18. The maximum atomic E-state index is 6.15. The van der Waals surface area contributed by atoms with Crippen molar-refractivity contribution >= 4 is 23.4 Å². The number of thioether (sulfide) groups is 1. The normalized spacial score (nSPS) is 14.6. The number of hydrogen-bond acceptors (Lipinski definition) is 2. The van der Waals surface area contributed by atoms with Crippen LogP contribution in [0.4, 0.5) is 0 Å². The molecule has 0 aliphatic carbocycles. The van der Waals surface area contributed by atoms with E-state index in [1.54, 1.807) is 0 Å². The molecule has 0 fully saturated rings. The van der Waals surface area contributed by atoms with Gasteiger partial charge in [0.2, 0.25) is 0 Å². The molecule has 2 atom stereocenters. The van der Waals surface area contributed by atoms with Crippen LogP contribution >= 0.6 is 23.4 Å². The minimum Gasteiger partial charge on any atom is -0.314 e. The van der Waals surface area contributed by atoms with E-state index < -0.39 is 0 Å². The van der Waals surface area contributed by atoms with Crippen molar-refractivity contribution in [2.45, 2.75) is 49.8 Å². The molecule has 1 nitrogen and oxygen atoms in total. The molecule has 2 unspecified atom stereocenters. The number of rotatable bonds is 7. The zero-order valence-corrected chi connectivity index (χ0v) is 12.4. The zero-order valence-electron chi connectivity index (χ0n) is 10.9. The molecule has 0 heterocycles. The van der Waals surface area contributed by atoms with E-state index in [2.05, 4.69) is 32.2 Å². The highest BCUT2D eigenvalue weighted by atomic mass is 35.5. The van der Waals surface area contributed by atoms with Crippen molar-refractivity contribution in [3.8, 4) is 0 Å². The first-order valence-corrected chi connectivity index (χ1v) is 7.53. The monoisotopic (exact) mass is 271 g/mol. The minimum absolute atomic E-state index is 0.569. The van der Waals surface area contributed by atoms with Gasteiger partial charge in [0.25, 0.3) is 0 Å². The van der Waals surface area contributed by atoms with E-state index in [-0.39, 0.29) is 0 Å². The SMILES string of the molecule is CCCNC(C)CC(C)Sc1ccccc1Cl. The molecule has 1 rings (SSSR count). The van der Waals surface area contributed by atoms with Crippen LogP contribution in [0.1, 0.15) is 33.6 Å². The largest absolute Gasteiger partial charge is 0.314 e. The van der Waals surface area contributed by atoms with Gasteiger partial charge in [0.1, 0.15) is 0 Å².